The number of carbonyl (C=O) groups excluding carboxylic acids is 1. The summed E-state index contributed by atoms with van der Waals surface area (Å²) >= 11 is 0. The fourth-order valence-corrected chi connectivity index (χ4v) is 4.48. The standard InChI is InChI=1S/C22H28O3Si/c1-22(2,3)12-11-19(25-26(4)5)14-9-10-15-17(13-14)21(24)16-7-6-8-18(23)20(15)16/h6-10,13,19,23,26H,11-12H2,1-5H3. The number of phenolic OH excluding ortho intramolecular Hbond substituents is 1. The topological polar surface area (TPSA) is 46.5 Å². The van der Waals surface area contributed by atoms with Crippen LogP contribution in [0.3, 0.4) is 0 Å². The van der Waals surface area contributed by atoms with Gasteiger partial charge in [-0.15, -0.1) is 0 Å². The number of aromatic hydroxyl groups is 1. The van der Waals surface area contributed by atoms with Crippen LogP contribution in [0.1, 0.15) is 61.2 Å². The van der Waals surface area contributed by atoms with Crippen LogP contribution >= 0.6 is 0 Å². The molecule has 1 aliphatic rings. The molecule has 1 atom stereocenters. The number of ketones is 1. The van der Waals surface area contributed by atoms with Crippen LogP contribution in [0, 0.1) is 5.41 Å². The first-order valence-corrected chi connectivity index (χ1v) is 12.1. The normalized spacial score (nSPS) is 14.5. The molecule has 0 fully saturated rings. The van der Waals surface area contributed by atoms with E-state index in [1.807, 2.05) is 12.1 Å². The number of hydrogen-bond acceptors (Lipinski definition) is 3. The minimum Gasteiger partial charge on any atom is -0.507 e. The number of carbonyl (C=O) groups is 1. The summed E-state index contributed by atoms with van der Waals surface area (Å²) in [6, 6.07) is 11.1. The van der Waals surface area contributed by atoms with E-state index in [1.54, 1.807) is 18.2 Å². The summed E-state index contributed by atoms with van der Waals surface area (Å²) in [7, 11) is -1.21. The Morgan fingerprint density at radius 3 is 2.46 bits per heavy atom. The Balaban J connectivity index is 1.97. The van der Waals surface area contributed by atoms with Crippen molar-refractivity contribution < 1.29 is 14.3 Å². The second kappa shape index (κ2) is 7.01. The van der Waals surface area contributed by atoms with Crippen LogP contribution in [0.5, 0.6) is 5.75 Å². The molecular weight excluding hydrogens is 340 g/mol. The van der Waals surface area contributed by atoms with Gasteiger partial charge in [-0.3, -0.25) is 4.79 Å². The summed E-state index contributed by atoms with van der Waals surface area (Å²) in [5.41, 5.74) is 4.05. The first-order valence-electron chi connectivity index (χ1n) is 9.34. The van der Waals surface area contributed by atoms with Gasteiger partial charge in [-0.25, -0.2) is 0 Å². The van der Waals surface area contributed by atoms with E-state index in [-0.39, 0.29) is 23.1 Å². The smallest absolute Gasteiger partial charge is 0.194 e. The summed E-state index contributed by atoms with van der Waals surface area (Å²) in [6.45, 7) is 11.1. The molecule has 0 amide bonds. The van der Waals surface area contributed by atoms with Gasteiger partial charge < -0.3 is 9.53 Å². The zero-order valence-corrected chi connectivity index (χ0v) is 17.5. The van der Waals surface area contributed by atoms with Gasteiger partial charge in [0.25, 0.3) is 0 Å². The van der Waals surface area contributed by atoms with Gasteiger partial charge >= 0.3 is 0 Å². The lowest BCUT2D eigenvalue weighted by Crippen LogP contribution is -2.17. The molecule has 1 unspecified atom stereocenters. The van der Waals surface area contributed by atoms with E-state index in [0.717, 1.165) is 24.0 Å². The quantitative estimate of drug-likeness (QED) is 0.607. The van der Waals surface area contributed by atoms with Crippen molar-refractivity contribution in [2.45, 2.75) is 52.8 Å². The van der Waals surface area contributed by atoms with E-state index >= 15 is 0 Å². The van der Waals surface area contributed by atoms with Gasteiger partial charge in [-0.1, -0.05) is 45.0 Å². The van der Waals surface area contributed by atoms with E-state index in [9.17, 15) is 9.90 Å². The second-order valence-corrected chi connectivity index (χ2v) is 11.0. The molecule has 1 N–H and O–H groups in total. The lowest BCUT2D eigenvalue weighted by atomic mass is 9.87. The molecule has 0 saturated heterocycles. The number of phenols is 1. The average molecular weight is 369 g/mol. The molecule has 3 nitrogen and oxygen atoms in total. The van der Waals surface area contributed by atoms with E-state index < -0.39 is 9.04 Å². The van der Waals surface area contributed by atoms with Crippen LogP contribution in [-0.4, -0.2) is 19.9 Å². The van der Waals surface area contributed by atoms with Crippen LogP contribution in [0.25, 0.3) is 11.1 Å². The highest BCUT2D eigenvalue weighted by Gasteiger charge is 2.30. The third-order valence-electron chi connectivity index (χ3n) is 4.81. The van der Waals surface area contributed by atoms with Crippen molar-refractivity contribution >= 4 is 14.8 Å². The maximum absolute atomic E-state index is 12.8. The highest BCUT2D eigenvalue weighted by Crippen LogP contribution is 2.43. The van der Waals surface area contributed by atoms with Crippen molar-refractivity contribution in [3.05, 3.63) is 53.1 Å². The van der Waals surface area contributed by atoms with E-state index in [0.29, 0.717) is 16.7 Å². The summed E-state index contributed by atoms with van der Waals surface area (Å²) in [5.74, 6) is 0.154. The van der Waals surface area contributed by atoms with Crippen molar-refractivity contribution in [2.75, 3.05) is 0 Å². The summed E-state index contributed by atoms with van der Waals surface area (Å²) < 4.78 is 6.31. The monoisotopic (exact) mass is 368 g/mol. The van der Waals surface area contributed by atoms with Crippen molar-refractivity contribution in [3.63, 3.8) is 0 Å². The zero-order valence-electron chi connectivity index (χ0n) is 16.3. The second-order valence-electron chi connectivity index (χ2n) is 8.61. The molecule has 0 aromatic heterocycles. The largest absolute Gasteiger partial charge is 0.507 e. The van der Waals surface area contributed by atoms with Crippen LogP contribution < -0.4 is 0 Å². The molecule has 0 spiro atoms. The number of fused-ring (bicyclic) bond motifs is 3. The molecule has 0 heterocycles. The molecule has 138 valence electrons. The Bertz CT molecular complexity index is 834. The molecule has 2 aromatic rings. The zero-order chi connectivity index (χ0) is 19.1. The molecular formula is C22H28O3Si. The molecule has 1 aliphatic carbocycles. The molecule has 4 heteroatoms. The molecule has 3 rings (SSSR count). The Kier molecular flexibility index (Phi) is 5.09. The first-order chi connectivity index (χ1) is 12.2. The summed E-state index contributed by atoms with van der Waals surface area (Å²) in [4.78, 5) is 12.8. The third kappa shape index (κ3) is 3.76. The van der Waals surface area contributed by atoms with Crippen LogP contribution in [-0.2, 0) is 4.43 Å². The maximum atomic E-state index is 12.8. The maximum Gasteiger partial charge on any atom is 0.194 e. The van der Waals surface area contributed by atoms with Gasteiger partial charge in [-0.2, -0.15) is 0 Å². The van der Waals surface area contributed by atoms with Gasteiger partial charge in [0, 0.05) is 16.7 Å². The number of hydrogen-bond donors (Lipinski definition) is 1. The third-order valence-corrected chi connectivity index (χ3v) is 5.68. The van der Waals surface area contributed by atoms with Gasteiger partial charge in [-0.05, 0) is 54.6 Å². The molecule has 0 aliphatic heterocycles. The lowest BCUT2D eigenvalue weighted by molar-refractivity contribution is 0.104. The summed E-state index contributed by atoms with van der Waals surface area (Å²) in [5, 5.41) is 10.2. The number of rotatable bonds is 5. The van der Waals surface area contributed by atoms with Gasteiger partial charge in [0.2, 0.25) is 0 Å². The molecule has 2 aromatic carbocycles. The van der Waals surface area contributed by atoms with Gasteiger partial charge in [0.15, 0.2) is 14.8 Å². The Morgan fingerprint density at radius 2 is 1.81 bits per heavy atom. The lowest BCUT2D eigenvalue weighted by Gasteiger charge is -2.26. The fourth-order valence-electron chi connectivity index (χ4n) is 3.53. The minimum atomic E-state index is -1.21. The Labute approximate surface area is 157 Å². The van der Waals surface area contributed by atoms with E-state index in [2.05, 4.69) is 39.9 Å². The average Bonchev–Trinajstić information content (AvgIpc) is 2.84. The molecule has 0 radical (unpaired) electrons. The van der Waals surface area contributed by atoms with Crippen molar-refractivity contribution in [3.8, 4) is 16.9 Å². The fraction of sp³-hybridized carbons (Fsp3) is 0.409. The molecule has 0 saturated carbocycles. The van der Waals surface area contributed by atoms with Crippen molar-refractivity contribution in [2.24, 2.45) is 5.41 Å². The van der Waals surface area contributed by atoms with Crippen molar-refractivity contribution in [1.82, 2.24) is 0 Å². The summed E-state index contributed by atoms with van der Waals surface area (Å²) in [6.07, 6.45) is 2.03. The molecule has 0 bridgehead atoms. The minimum absolute atomic E-state index is 0.0101. The van der Waals surface area contributed by atoms with Crippen LogP contribution in [0.2, 0.25) is 13.1 Å². The van der Waals surface area contributed by atoms with Gasteiger partial charge in [0.1, 0.15) is 5.75 Å². The Hall–Kier alpha value is -1.91. The first kappa shape index (κ1) is 18.9. The van der Waals surface area contributed by atoms with E-state index in [4.69, 9.17) is 4.43 Å². The van der Waals surface area contributed by atoms with Crippen LogP contribution in [0.15, 0.2) is 36.4 Å². The van der Waals surface area contributed by atoms with Crippen molar-refractivity contribution in [1.29, 1.82) is 0 Å². The highest BCUT2D eigenvalue weighted by molar-refractivity contribution is 6.48. The SMILES string of the molecule is C[SiH](C)OC(CCC(C)(C)C)c1ccc2c(c1)C(=O)c1cccc(O)c1-2. The number of benzene rings is 2. The van der Waals surface area contributed by atoms with E-state index in [1.165, 1.54) is 0 Å². The highest BCUT2D eigenvalue weighted by atomic mass is 28.3. The van der Waals surface area contributed by atoms with Gasteiger partial charge in [0.05, 0.1) is 6.10 Å². The Morgan fingerprint density at radius 1 is 1.08 bits per heavy atom. The predicted octanol–water partition coefficient (Wildman–Crippen LogP) is 5.47. The molecule has 26 heavy (non-hydrogen) atoms. The van der Waals surface area contributed by atoms with Crippen LogP contribution in [0.4, 0.5) is 0 Å². The predicted molar refractivity (Wildman–Crippen MR) is 108 cm³/mol.